The Bertz CT molecular complexity index is 1100. The van der Waals surface area contributed by atoms with E-state index in [4.69, 9.17) is 8.92 Å². The number of fused-ring (bicyclic) bond motifs is 1. The van der Waals surface area contributed by atoms with E-state index in [0.29, 0.717) is 11.3 Å². The fraction of sp³-hybridized carbons (Fsp3) is 0.150. The van der Waals surface area contributed by atoms with Gasteiger partial charge in [0.05, 0.1) is 19.6 Å². The van der Waals surface area contributed by atoms with E-state index in [1.807, 2.05) is 19.1 Å². The van der Waals surface area contributed by atoms with Crippen molar-refractivity contribution in [1.82, 2.24) is 0 Å². The van der Waals surface area contributed by atoms with Crippen LogP contribution in [0.2, 0.25) is 0 Å². The average molecular weight is 367 g/mol. The van der Waals surface area contributed by atoms with Gasteiger partial charge in [0.25, 0.3) is 0 Å². The SMILES string of the molecule is COc1ccc2ccc(OS(=O)(=O)c3ccc(C)cc3)c(CC#N)c2c1. The lowest BCUT2D eigenvalue weighted by molar-refractivity contribution is 0.415. The van der Waals surface area contributed by atoms with Crippen molar-refractivity contribution in [3.05, 3.63) is 65.7 Å². The Morgan fingerprint density at radius 2 is 1.73 bits per heavy atom. The van der Waals surface area contributed by atoms with Crippen molar-refractivity contribution in [1.29, 1.82) is 5.26 Å². The van der Waals surface area contributed by atoms with Crippen LogP contribution in [0.25, 0.3) is 10.8 Å². The van der Waals surface area contributed by atoms with E-state index in [1.165, 1.54) is 12.1 Å². The van der Waals surface area contributed by atoms with Crippen molar-refractivity contribution in [2.75, 3.05) is 7.11 Å². The van der Waals surface area contributed by atoms with Crippen LogP contribution in [0.1, 0.15) is 11.1 Å². The zero-order chi connectivity index (χ0) is 18.7. The zero-order valence-electron chi connectivity index (χ0n) is 14.4. The van der Waals surface area contributed by atoms with Crippen LogP contribution < -0.4 is 8.92 Å². The molecule has 0 atom stereocenters. The van der Waals surface area contributed by atoms with Gasteiger partial charge in [-0.1, -0.05) is 29.8 Å². The zero-order valence-corrected chi connectivity index (χ0v) is 15.2. The van der Waals surface area contributed by atoms with Crippen molar-refractivity contribution in [3.63, 3.8) is 0 Å². The van der Waals surface area contributed by atoms with Gasteiger partial charge in [0.15, 0.2) is 0 Å². The monoisotopic (exact) mass is 367 g/mol. The Kier molecular flexibility index (Phi) is 4.83. The van der Waals surface area contributed by atoms with Crippen LogP contribution in [0.15, 0.2) is 59.5 Å². The van der Waals surface area contributed by atoms with Crippen LogP contribution in [0.3, 0.4) is 0 Å². The van der Waals surface area contributed by atoms with Crippen LogP contribution in [-0.4, -0.2) is 15.5 Å². The molecule has 26 heavy (non-hydrogen) atoms. The number of hydrogen-bond acceptors (Lipinski definition) is 5. The first kappa shape index (κ1) is 17.8. The molecular weight excluding hydrogens is 350 g/mol. The molecular formula is C20H17NO4S. The predicted octanol–water partition coefficient (Wildman–Crippen LogP) is 3.99. The van der Waals surface area contributed by atoms with Gasteiger partial charge < -0.3 is 8.92 Å². The minimum Gasteiger partial charge on any atom is -0.497 e. The minimum absolute atomic E-state index is 0.0171. The maximum absolute atomic E-state index is 12.6. The lowest BCUT2D eigenvalue weighted by atomic mass is 10.0. The molecule has 0 fully saturated rings. The molecule has 6 heteroatoms. The predicted molar refractivity (Wildman–Crippen MR) is 98.8 cm³/mol. The van der Waals surface area contributed by atoms with Gasteiger partial charge in [-0.25, -0.2) is 0 Å². The Balaban J connectivity index is 2.10. The van der Waals surface area contributed by atoms with Gasteiger partial charge in [0.2, 0.25) is 0 Å². The van der Waals surface area contributed by atoms with Gasteiger partial charge in [-0.2, -0.15) is 13.7 Å². The van der Waals surface area contributed by atoms with Crippen molar-refractivity contribution in [3.8, 4) is 17.6 Å². The van der Waals surface area contributed by atoms with Crippen molar-refractivity contribution in [2.45, 2.75) is 18.2 Å². The maximum atomic E-state index is 12.6. The molecule has 0 spiro atoms. The quantitative estimate of drug-likeness (QED) is 0.637. The summed E-state index contributed by atoms with van der Waals surface area (Å²) in [4.78, 5) is 0.0664. The maximum Gasteiger partial charge on any atom is 0.339 e. The Hall–Kier alpha value is -3.04. The van der Waals surface area contributed by atoms with Gasteiger partial charge in [0, 0.05) is 5.56 Å². The third-order valence-electron chi connectivity index (χ3n) is 4.06. The molecule has 3 aromatic carbocycles. The number of ether oxygens (including phenoxy) is 1. The molecule has 5 nitrogen and oxygen atoms in total. The van der Waals surface area contributed by atoms with E-state index in [1.54, 1.807) is 37.4 Å². The molecule has 0 saturated heterocycles. The molecule has 0 bridgehead atoms. The first-order chi connectivity index (χ1) is 12.4. The standard InChI is InChI=1S/C20H17NO4S/c1-14-3-8-17(9-4-14)26(22,23)25-20-10-6-15-5-7-16(24-2)13-19(15)18(20)11-12-21/h3-10,13H,11H2,1-2H3. The smallest absolute Gasteiger partial charge is 0.339 e. The fourth-order valence-corrected chi connectivity index (χ4v) is 3.64. The number of methoxy groups -OCH3 is 1. The van der Waals surface area contributed by atoms with E-state index >= 15 is 0 Å². The Morgan fingerprint density at radius 3 is 2.38 bits per heavy atom. The third-order valence-corrected chi connectivity index (χ3v) is 5.31. The second-order valence-electron chi connectivity index (χ2n) is 5.81. The third kappa shape index (κ3) is 3.48. The second kappa shape index (κ2) is 7.06. The minimum atomic E-state index is -4.00. The van der Waals surface area contributed by atoms with Gasteiger partial charge >= 0.3 is 10.1 Å². The normalized spacial score (nSPS) is 11.1. The average Bonchev–Trinajstić information content (AvgIpc) is 2.63. The highest BCUT2D eigenvalue weighted by molar-refractivity contribution is 7.87. The molecule has 3 aromatic rings. The number of rotatable bonds is 5. The lowest BCUT2D eigenvalue weighted by Crippen LogP contribution is -2.11. The van der Waals surface area contributed by atoms with Crippen molar-refractivity contribution in [2.24, 2.45) is 0 Å². The highest BCUT2D eigenvalue weighted by atomic mass is 32.2. The topological polar surface area (TPSA) is 76.4 Å². The second-order valence-corrected chi connectivity index (χ2v) is 7.36. The summed E-state index contributed by atoms with van der Waals surface area (Å²) in [5.74, 6) is 0.767. The van der Waals surface area contributed by atoms with Gasteiger partial charge in [-0.3, -0.25) is 0 Å². The van der Waals surface area contributed by atoms with E-state index in [0.717, 1.165) is 16.3 Å². The fourth-order valence-electron chi connectivity index (χ4n) is 2.68. The molecule has 0 aliphatic heterocycles. The van der Waals surface area contributed by atoms with Crippen molar-refractivity contribution >= 4 is 20.9 Å². The molecule has 0 aromatic heterocycles. The summed E-state index contributed by atoms with van der Waals surface area (Å²) in [7, 11) is -2.45. The van der Waals surface area contributed by atoms with Crippen LogP contribution >= 0.6 is 0 Å². The summed E-state index contributed by atoms with van der Waals surface area (Å²) in [6, 6.07) is 17.3. The molecule has 132 valence electrons. The number of benzene rings is 3. The summed E-state index contributed by atoms with van der Waals surface area (Å²) < 4.78 is 35.8. The summed E-state index contributed by atoms with van der Waals surface area (Å²) in [6.45, 7) is 1.87. The van der Waals surface area contributed by atoms with Gasteiger partial charge in [-0.05, 0) is 48.0 Å². The first-order valence-electron chi connectivity index (χ1n) is 7.92. The molecule has 0 radical (unpaired) electrons. The van der Waals surface area contributed by atoms with E-state index in [2.05, 4.69) is 6.07 Å². The molecule has 0 saturated carbocycles. The lowest BCUT2D eigenvalue weighted by Gasteiger charge is -2.13. The number of nitriles is 1. The first-order valence-corrected chi connectivity index (χ1v) is 9.33. The van der Waals surface area contributed by atoms with Crippen molar-refractivity contribution < 1.29 is 17.3 Å². The Morgan fingerprint density at radius 1 is 1.04 bits per heavy atom. The summed E-state index contributed by atoms with van der Waals surface area (Å²) >= 11 is 0. The number of nitrogens with zero attached hydrogens (tertiary/aromatic N) is 1. The van der Waals surface area contributed by atoms with E-state index in [9.17, 15) is 13.7 Å². The largest absolute Gasteiger partial charge is 0.497 e. The molecule has 0 N–H and O–H groups in total. The molecule has 0 aliphatic rings. The summed E-state index contributed by atoms with van der Waals surface area (Å²) in [6.07, 6.45) is 0.0171. The van der Waals surface area contributed by atoms with Gasteiger partial charge in [-0.15, -0.1) is 0 Å². The molecule has 0 aliphatic carbocycles. The number of hydrogen-bond donors (Lipinski definition) is 0. The number of aryl methyl sites for hydroxylation is 1. The summed E-state index contributed by atoms with van der Waals surface area (Å²) in [5.41, 5.74) is 1.46. The van der Waals surface area contributed by atoms with Gasteiger partial charge in [0.1, 0.15) is 16.4 Å². The van der Waals surface area contributed by atoms with E-state index < -0.39 is 10.1 Å². The highest BCUT2D eigenvalue weighted by Gasteiger charge is 2.20. The molecule has 0 unspecified atom stereocenters. The van der Waals surface area contributed by atoms with E-state index in [-0.39, 0.29) is 17.1 Å². The molecule has 3 rings (SSSR count). The Labute approximate surface area is 152 Å². The van der Waals surface area contributed by atoms with Crippen LogP contribution in [0, 0.1) is 18.3 Å². The van der Waals surface area contributed by atoms with Crippen LogP contribution in [0.5, 0.6) is 11.5 Å². The molecule has 0 amide bonds. The van der Waals surface area contributed by atoms with Crippen LogP contribution in [-0.2, 0) is 16.5 Å². The highest BCUT2D eigenvalue weighted by Crippen LogP contribution is 2.33. The van der Waals surface area contributed by atoms with Crippen LogP contribution in [0.4, 0.5) is 0 Å². The summed E-state index contributed by atoms with van der Waals surface area (Å²) in [5, 5.41) is 10.8. The molecule has 0 heterocycles.